The van der Waals surface area contributed by atoms with Crippen LogP contribution in [0, 0.1) is 5.92 Å². The highest BCUT2D eigenvalue weighted by atomic mass is 32.2. The van der Waals surface area contributed by atoms with Gasteiger partial charge in [0.2, 0.25) is 5.91 Å². The molecule has 3 nitrogen and oxygen atoms in total. The van der Waals surface area contributed by atoms with Crippen molar-refractivity contribution < 1.29 is 9.90 Å². The lowest BCUT2D eigenvalue weighted by molar-refractivity contribution is -0.120. The van der Waals surface area contributed by atoms with Gasteiger partial charge in [-0.05, 0) is 30.2 Å². The van der Waals surface area contributed by atoms with Crippen LogP contribution in [0.2, 0.25) is 0 Å². The van der Waals surface area contributed by atoms with Crippen LogP contribution in [0.25, 0.3) is 0 Å². The highest BCUT2D eigenvalue weighted by Crippen LogP contribution is 2.31. The average molecular weight is 313 g/mol. The van der Waals surface area contributed by atoms with Gasteiger partial charge in [-0.25, -0.2) is 0 Å². The third-order valence-electron chi connectivity index (χ3n) is 3.74. The van der Waals surface area contributed by atoms with E-state index in [1.165, 1.54) is 11.3 Å². The quantitative estimate of drug-likeness (QED) is 0.848. The van der Waals surface area contributed by atoms with E-state index < -0.39 is 5.60 Å². The summed E-state index contributed by atoms with van der Waals surface area (Å²) in [5, 5.41) is 15.4. The second-order valence-electron chi connectivity index (χ2n) is 5.77. The Balaban J connectivity index is 1.64. The number of thioether (sulfide) groups is 1. The number of hydrogen-bond acceptors (Lipinski definition) is 4. The molecule has 1 aliphatic carbocycles. The molecule has 0 spiro atoms. The number of nitrogens with one attached hydrogen (secondary N) is 1. The zero-order valence-electron chi connectivity index (χ0n) is 11.9. The van der Waals surface area contributed by atoms with Crippen LogP contribution in [0.15, 0.2) is 17.5 Å². The number of thiophene rings is 1. The summed E-state index contributed by atoms with van der Waals surface area (Å²) in [6.07, 6.45) is 3.85. The predicted octanol–water partition coefficient (Wildman–Crippen LogP) is 3.04. The number of aliphatic hydroxyl groups is 1. The van der Waals surface area contributed by atoms with Crippen molar-refractivity contribution in [1.29, 1.82) is 0 Å². The fraction of sp³-hybridized carbons (Fsp3) is 0.667. The summed E-state index contributed by atoms with van der Waals surface area (Å²) in [6.45, 7) is 2.57. The summed E-state index contributed by atoms with van der Waals surface area (Å²) in [6, 6.07) is 4.11. The largest absolute Gasteiger partial charge is 0.388 e. The van der Waals surface area contributed by atoms with Crippen molar-refractivity contribution >= 4 is 29.0 Å². The Morgan fingerprint density at radius 3 is 3.20 bits per heavy atom. The van der Waals surface area contributed by atoms with E-state index >= 15 is 0 Å². The summed E-state index contributed by atoms with van der Waals surface area (Å²) in [5.74, 6) is 1.92. The number of rotatable bonds is 6. The van der Waals surface area contributed by atoms with Crippen LogP contribution >= 0.6 is 23.1 Å². The molecule has 112 valence electrons. The fourth-order valence-corrected chi connectivity index (χ4v) is 4.44. The minimum atomic E-state index is -0.689. The molecule has 2 N–H and O–H groups in total. The van der Waals surface area contributed by atoms with Gasteiger partial charge < -0.3 is 10.4 Å². The molecule has 1 heterocycles. The number of carbonyl (C=O) groups excluding carboxylic acids is 1. The summed E-state index contributed by atoms with van der Waals surface area (Å²) < 4.78 is 0. The lowest BCUT2D eigenvalue weighted by atomic mass is 9.79. The first-order chi connectivity index (χ1) is 9.57. The maximum atomic E-state index is 11.8. The lowest BCUT2D eigenvalue weighted by Gasteiger charge is -2.35. The first-order valence-corrected chi connectivity index (χ1v) is 9.20. The maximum absolute atomic E-state index is 11.8. The Morgan fingerprint density at radius 1 is 1.65 bits per heavy atom. The third kappa shape index (κ3) is 5.11. The average Bonchev–Trinajstić information content (AvgIpc) is 2.89. The van der Waals surface area contributed by atoms with Gasteiger partial charge >= 0.3 is 0 Å². The standard InChI is InChI=1S/C15H23NO2S2/c1-12-4-2-6-15(18,8-12)11-16-14(17)10-19-9-13-5-3-7-20-13/h3,5,7,12,18H,2,4,6,8-11H2,1H3,(H,16,17). The molecule has 0 bridgehead atoms. The summed E-state index contributed by atoms with van der Waals surface area (Å²) >= 11 is 3.34. The minimum Gasteiger partial charge on any atom is -0.388 e. The van der Waals surface area contributed by atoms with E-state index in [0.29, 0.717) is 18.2 Å². The summed E-state index contributed by atoms with van der Waals surface area (Å²) in [5.41, 5.74) is -0.689. The Kier molecular flexibility index (Phi) is 5.93. The van der Waals surface area contributed by atoms with Crippen LogP contribution < -0.4 is 5.32 Å². The van der Waals surface area contributed by atoms with Crippen LogP contribution in [0.1, 0.15) is 37.5 Å². The van der Waals surface area contributed by atoms with Crippen molar-refractivity contribution in [3.05, 3.63) is 22.4 Å². The normalized spacial score (nSPS) is 26.4. The highest BCUT2D eigenvalue weighted by molar-refractivity contribution is 7.99. The molecule has 1 fully saturated rings. The summed E-state index contributed by atoms with van der Waals surface area (Å²) in [7, 11) is 0. The van der Waals surface area contributed by atoms with E-state index in [1.807, 2.05) is 6.07 Å². The van der Waals surface area contributed by atoms with Gasteiger partial charge in [-0.3, -0.25) is 4.79 Å². The molecule has 1 aromatic rings. The monoisotopic (exact) mass is 313 g/mol. The van der Waals surface area contributed by atoms with E-state index in [-0.39, 0.29) is 5.91 Å². The van der Waals surface area contributed by atoms with Crippen molar-refractivity contribution in [2.75, 3.05) is 12.3 Å². The number of carbonyl (C=O) groups is 1. The van der Waals surface area contributed by atoms with Crippen LogP contribution in [-0.2, 0) is 10.5 Å². The van der Waals surface area contributed by atoms with Crippen LogP contribution in [-0.4, -0.2) is 28.9 Å². The number of amides is 1. The molecule has 2 unspecified atom stereocenters. The third-order valence-corrected chi connectivity index (χ3v) is 5.78. The van der Waals surface area contributed by atoms with E-state index in [4.69, 9.17) is 0 Å². The Labute approximate surface area is 129 Å². The molecule has 2 rings (SSSR count). The topological polar surface area (TPSA) is 49.3 Å². The molecule has 5 heteroatoms. The second kappa shape index (κ2) is 7.48. The van der Waals surface area contributed by atoms with Crippen molar-refractivity contribution in [2.45, 2.75) is 44.0 Å². The molecular formula is C15H23NO2S2. The van der Waals surface area contributed by atoms with Crippen molar-refractivity contribution in [1.82, 2.24) is 5.32 Å². The predicted molar refractivity (Wildman–Crippen MR) is 86.1 cm³/mol. The molecule has 1 aliphatic rings. The molecule has 2 atom stereocenters. The van der Waals surface area contributed by atoms with Gasteiger partial charge in [0.15, 0.2) is 0 Å². The molecule has 0 saturated heterocycles. The fourth-order valence-electron chi connectivity index (χ4n) is 2.75. The Bertz CT molecular complexity index is 422. The Hall–Kier alpha value is -0.520. The molecule has 20 heavy (non-hydrogen) atoms. The van der Waals surface area contributed by atoms with E-state index in [2.05, 4.69) is 23.7 Å². The van der Waals surface area contributed by atoms with Crippen molar-refractivity contribution in [3.63, 3.8) is 0 Å². The van der Waals surface area contributed by atoms with Crippen molar-refractivity contribution in [2.24, 2.45) is 5.92 Å². The van der Waals surface area contributed by atoms with E-state index in [1.54, 1.807) is 23.1 Å². The maximum Gasteiger partial charge on any atom is 0.230 e. The van der Waals surface area contributed by atoms with Gasteiger partial charge in [0.25, 0.3) is 0 Å². The van der Waals surface area contributed by atoms with Gasteiger partial charge in [0.1, 0.15) is 0 Å². The first-order valence-electron chi connectivity index (χ1n) is 7.17. The van der Waals surface area contributed by atoms with Gasteiger partial charge in [0.05, 0.1) is 11.4 Å². The van der Waals surface area contributed by atoms with Gasteiger partial charge in [0, 0.05) is 17.2 Å². The molecule has 0 radical (unpaired) electrons. The summed E-state index contributed by atoms with van der Waals surface area (Å²) in [4.78, 5) is 13.1. The Morgan fingerprint density at radius 2 is 2.50 bits per heavy atom. The molecule has 1 saturated carbocycles. The van der Waals surface area contributed by atoms with Crippen LogP contribution in [0.5, 0.6) is 0 Å². The zero-order chi connectivity index (χ0) is 14.4. The van der Waals surface area contributed by atoms with Crippen LogP contribution in [0.3, 0.4) is 0 Å². The zero-order valence-corrected chi connectivity index (χ0v) is 13.6. The highest BCUT2D eigenvalue weighted by Gasteiger charge is 2.32. The molecule has 0 aliphatic heterocycles. The molecular weight excluding hydrogens is 290 g/mol. The van der Waals surface area contributed by atoms with E-state index in [0.717, 1.165) is 25.0 Å². The molecule has 1 amide bonds. The van der Waals surface area contributed by atoms with Gasteiger partial charge in [-0.2, -0.15) is 0 Å². The second-order valence-corrected chi connectivity index (χ2v) is 7.79. The van der Waals surface area contributed by atoms with Gasteiger partial charge in [-0.15, -0.1) is 23.1 Å². The number of hydrogen-bond donors (Lipinski definition) is 2. The van der Waals surface area contributed by atoms with Gasteiger partial charge in [-0.1, -0.05) is 25.8 Å². The van der Waals surface area contributed by atoms with Crippen LogP contribution in [0.4, 0.5) is 0 Å². The van der Waals surface area contributed by atoms with Crippen molar-refractivity contribution in [3.8, 4) is 0 Å². The van der Waals surface area contributed by atoms with E-state index in [9.17, 15) is 9.90 Å². The SMILES string of the molecule is CC1CCCC(O)(CNC(=O)CSCc2cccs2)C1. The smallest absolute Gasteiger partial charge is 0.230 e. The molecule has 1 aromatic heterocycles. The lowest BCUT2D eigenvalue weighted by Crippen LogP contribution is -2.46. The molecule has 0 aromatic carbocycles. The minimum absolute atomic E-state index is 0.0261. The first kappa shape index (κ1) is 15.9.